The van der Waals surface area contributed by atoms with Crippen LogP contribution in [0.3, 0.4) is 0 Å². The Morgan fingerprint density at radius 3 is 2.35 bits per heavy atom. The molecule has 3 rings (SSSR count). The zero-order chi connectivity index (χ0) is 11.5. The molecule has 2 heteroatoms. The first-order chi connectivity index (χ1) is 8.40. The fourth-order valence-electron chi connectivity index (χ4n) is 2.43. The molecule has 2 fully saturated rings. The number of hydrogen-bond acceptors (Lipinski definition) is 2. The maximum Gasteiger partial charge on any atom is 0.0208 e. The van der Waals surface area contributed by atoms with Gasteiger partial charge in [-0.25, -0.2) is 0 Å². The first-order valence-electron chi connectivity index (χ1n) is 6.89. The molecule has 1 aromatic carbocycles. The van der Waals surface area contributed by atoms with Gasteiger partial charge in [0.05, 0.1) is 0 Å². The third-order valence-corrected chi connectivity index (χ3v) is 5.05. The van der Waals surface area contributed by atoms with Crippen molar-refractivity contribution in [3.63, 3.8) is 0 Å². The van der Waals surface area contributed by atoms with E-state index in [9.17, 15) is 0 Å². The quantitative estimate of drug-likeness (QED) is 0.845. The monoisotopic (exact) mass is 247 g/mol. The predicted octanol–water partition coefficient (Wildman–Crippen LogP) is 3.97. The average Bonchev–Trinajstić information content (AvgIpc) is 3.05. The minimum absolute atomic E-state index is 0.808. The molecule has 0 radical (unpaired) electrons. The van der Waals surface area contributed by atoms with E-state index < -0.39 is 0 Å². The Kier molecular flexibility index (Phi) is 3.72. The van der Waals surface area contributed by atoms with Gasteiger partial charge in [-0.15, -0.1) is 11.8 Å². The van der Waals surface area contributed by atoms with E-state index in [0.717, 1.165) is 17.8 Å². The highest BCUT2D eigenvalue weighted by molar-refractivity contribution is 8.00. The predicted molar refractivity (Wildman–Crippen MR) is 74.4 cm³/mol. The van der Waals surface area contributed by atoms with Gasteiger partial charge in [0.25, 0.3) is 0 Å². The molecule has 1 aromatic rings. The van der Waals surface area contributed by atoms with Gasteiger partial charge in [-0.3, -0.25) is 0 Å². The molecule has 0 aliphatic heterocycles. The molecule has 0 bridgehead atoms. The Balaban J connectivity index is 1.51. The van der Waals surface area contributed by atoms with Crippen LogP contribution in [0.15, 0.2) is 29.2 Å². The van der Waals surface area contributed by atoms with Crippen LogP contribution in [0.4, 0.5) is 0 Å². The van der Waals surface area contributed by atoms with Crippen LogP contribution in [-0.4, -0.2) is 11.3 Å². The average molecular weight is 247 g/mol. The smallest absolute Gasteiger partial charge is 0.0208 e. The summed E-state index contributed by atoms with van der Waals surface area (Å²) in [6, 6.07) is 9.97. The summed E-state index contributed by atoms with van der Waals surface area (Å²) < 4.78 is 0. The molecule has 17 heavy (non-hydrogen) atoms. The highest BCUT2D eigenvalue weighted by atomic mass is 32.2. The van der Waals surface area contributed by atoms with Crippen LogP contribution in [-0.2, 0) is 6.54 Å². The van der Waals surface area contributed by atoms with Crippen molar-refractivity contribution in [2.75, 3.05) is 0 Å². The van der Waals surface area contributed by atoms with Gasteiger partial charge in [0.2, 0.25) is 0 Å². The lowest BCUT2D eigenvalue weighted by molar-refractivity contribution is 0.687. The molecule has 0 saturated heterocycles. The van der Waals surface area contributed by atoms with Crippen LogP contribution in [0.1, 0.15) is 44.1 Å². The van der Waals surface area contributed by atoms with E-state index in [-0.39, 0.29) is 0 Å². The van der Waals surface area contributed by atoms with Crippen LogP contribution in [0.5, 0.6) is 0 Å². The van der Waals surface area contributed by atoms with Crippen LogP contribution in [0.25, 0.3) is 0 Å². The summed E-state index contributed by atoms with van der Waals surface area (Å²) >= 11 is 2.08. The molecule has 2 saturated carbocycles. The van der Waals surface area contributed by atoms with Gasteiger partial charge in [-0.2, -0.15) is 0 Å². The van der Waals surface area contributed by atoms with Gasteiger partial charge in [0.15, 0.2) is 0 Å². The van der Waals surface area contributed by atoms with Gasteiger partial charge in [0.1, 0.15) is 0 Å². The molecule has 0 heterocycles. The number of thioether (sulfide) groups is 1. The van der Waals surface area contributed by atoms with E-state index in [2.05, 4.69) is 41.3 Å². The summed E-state index contributed by atoms with van der Waals surface area (Å²) in [5, 5.41) is 4.44. The standard InChI is InChI=1S/C15H21NS/c1-2-4-14(3-1)17-15-9-5-12(6-10-15)11-16-13-7-8-13/h5-6,9-10,13-14,16H,1-4,7-8,11H2. The molecule has 0 spiro atoms. The van der Waals surface area contributed by atoms with Gasteiger partial charge in [-0.1, -0.05) is 25.0 Å². The highest BCUT2D eigenvalue weighted by Crippen LogP contribution is 2.34. The maximum absolute atomic E-state index is 3.56. The Morgan fingerprint density at radius 1 is 1.00 bits per heavy atom. The summed E-state index contributed by atoms with van der Waals surface area (Å²) in [5.41, 5.74) is 1.42. The Morgan fingerprint density at radius 2 is 1.71 bits per heavy atom. The van der Waals surface area contributed by atoms with Gasteiger partial charge >= 0.3 is 0 Å². The normalized spacial score (nSPS) is 20.9. The minimum atomic E-state index is 0.808. The van der Waals surface area contributed by atoms with Gasteiger partial charge in [0, 0.05) is 22.7 Å². The van der Waals surface area contributed by atoms with Crippen molar-refractivity contribution in [2.45, 2.75) is 61.3 Å². The molecular weight excluding hydrogens is 226 g/mol. The lowest BCUT2D eigenvalue weighted by atomic mass is 10.2. The molecule has 0 atom stereocenters. The molecule has 1 N–H and O–H groups in total. The topological polar surface area (TPSA) is 12.0 Å². The largest absolute Gasteiger partial charge is 0.310 e. The molecule has 0 aromatic heterocycles. The zero-order valence-corrected chi connectivity index (χ0v) is 11.1. The highest BCUT2D eigenvalue weighted by Gasteiger charge is 2.20. The van der Waals surface area contributed by atoms with Gasteiger partial charge in [-0.05, 0) is 43.4 Å². The summed E-state index contributed by atoms with van der Waals surface area (Å²) in [6.07, 6.45) is 8.43. The number of nitrogens with one attached hydrogen (secondary N) is 1. The molecule has 1 nitrogen and oxygen atoms in total. The van der Waals surface area contributed by atoms with Crippen molar-refractivity contribution in [2.24, 2.45) is 0 Å². The molecule has 0 amide bonds. The Bertz CT molecular complexity index is 350. The lowest BCUT2D eigenvalue weighted by Crippen LogP contribution is -2.15. The van der Waals surface area contributed by atoms with E-state index in [4.69, 9.17) is 0 Å². The van der Waals surface area contributed by atoms with Crippen molar-refractivity contribution in [1.82, 2.24) is 5.32 Å². The fraction of sp³-hybridized carbons (Fsp3) is 0.600. The summed E-state index contributed by atoms with van der Waals surface area (Å²) in [6.45, 7) is 1.04. The molecule has 0 unspecified atom stereocenters. The second-order valence-electron chi connectivity index (χ2n) is 5.32. The molecule has 92 valence electrons. The zero-order valence-electron chi connectivity index (χ0n) is 10.3. The lowest BCUT2D eigenvalue weighted by Gasteiger charge is -2.09. The first-order valence-corrected chi connectivity index (χ1v) is 7.77. The third-order valence-electron chi connectivity index (χ3n) is 3.70. The third kappa shape index (κ3) is 3.49. The summed E-state index contributed by atoms with van der Waals surface area (Å²) in [5.74, 6) is 0. The second kappa shape index (κ2) is 5.45. The van der Waals surface area contributed by atoms with Crippen molar-refractivity contribution in [3.05, 3.63) is 29.8 Å². The number of hydrogen-bond donors (Lipinski definition) is 1. The summed E-state index contributed by atoms with van der Waals surface area (Å²) in [7, 11) is 0. The van der Waals surface area contributed by atoms with Crippen LogP contribution < -0.4 is 5.32 Å². The van der Waals surface area contributed by atoms with Crippen LogP contribution in [0.2, 0.25) is 0 Å². The van der Waals surface area contributed by atoms with E-state index in [1.165, 1.54) is 49.0 Å². The molecule has 2 aliphatic carbocycles. The molecular formula is C15H21NS. The fourth-order valence-corrected chi connectivity index (χ4v) is 3.68. The Labute approximate surface area is 108 Å². The van der Waals surface area contributed by atoms with Crippen LogP contribution >= 0.6 is 11.8 Å². The Hall–Kier alpha value is -0.470. The van der Waals surface area contributed by atoms with E-state index >= 15 is 0 Å². The number of rotatable bonds is 5. The van der Waals surface area contributed by atoms with Crippen molar-refractivity contribution < 1.29 is 0 Å². The van der Waals surface area contributed by atoms with Crippen molar-refractivity contribution in [1.29, 1.82) is 0 Å². The molecule has 2 aliphatic rings. The summed E-state index contributed by atoms with van der Waals surface area (Å²) in [4.78, 5) is 1.45. The second-order valence-corrected chi connectivity index (χ2v) is 6.70. The SMILES string of the molecule is c1cc(SC2CCCC2)ccc1CNC1CC1. The van der Waals surface area contributed by atoms with E-state index in [1.54, 1.807) is 0 Å². The van der Waals surface area contributed by atoms with Gasteiger partial charge < -0.3 is 5.32 Å². The minimum Gasteiger partial charge on any atom is -0.310 e. The maximum atomic E-state index is 3.56. The van der Waals surface area contributed by atoms with Crippen molar-refractivity contribution in [3.8, 4) is 0 Å². The van der Waals surface area contributed by atoms with E-state index in [1.807, 2.05) is 0 Å². The first kappa shape index (κ1) is 11.6. The number of benzene rings is 1. The van der Waals surface area contributed by atoms with E-state index in [0.29, 0.717) is 0 Å². The van der Waals surface area contributed by atoms with Crippen LogP contribution in [0, 0.1) is 0 Å². The van der Waals surface area contributed by atoms with Crippen molar-refractivity contribution >= 4 is 11.8 Å².